The highest BCUT2D eigenvalue weighted by atomic mass is 79.9. The molecule has 0 saturated carbocycles. The van der Waals surface area contributed by atoms with Crippen molar-refractivity contribution in [1.82, 2.24) is 5.32 Å². The van der Waals surface area contributed by atoms with Gasteiger partial charge in [0.1, 0.15) is 5.82 Å². The fourth-order valence-corrected chi connectivity index (χ4v) is 2.52. The standard InChI is InChI=1S/C17H19BrFN/c1-12(2)17(14-6-4-3-5-7-14)20-11-13-8-9-15(18)16(19)10-13/h3-10,12,17,20H,11H2,1-2H3. The molecule has 0 radical (unpaired) electrons. The van der Waals surface area contributed by atoms with Gasteiger partial charge in [-0.2, -0.15) is 0 Å². The van der Waals surface area contributed by atoms with Crippen molar-refractivity contribution >= 4 is 15.9 Å². The van der Waals surface area contributed by atoms with E-state index in [1.807, 2.05) is 24.3 Å². The molecule has 0 amide bonds. The molecule has 0 aliphatic rings. The minimum Gasteiger partial charge on any atom is -0.306 e. The quantitative estimate of drug-likeness (QED) is 0.803. The van der Waals surface area contributed by atoms with E-state index >= 15 is 0 Å². The monoisotopic (exact) mass is 335 g/mol. The predicted molar refractivity (Wildman–Crippen MR) is 85.0 cm³/mol. The minimum atomic E-state index is -0.217. The Hall–Kier alpha value is -1.19. The van der Waals surface area contributed by atoms with Crippen molar-refractivity contribution in [2.45, 2.75) is 26.4 Å². The van der Waals surface area contributed by atoms with Gasteiger partial charge in [0, 0.05) is 12.6 Å². The molecular formula is C17H19BrFN. The van der Waals surface area contributed by atoms with Crippen LogP contribution in [0.15, 0.2) is 53.0 Å². The summed E-state index contributed by atoms with van der Waals surface area (Å²) in [6.07, 6.45) is 0. The molecule has 0 spiro atoms. The van der Waals surface area contributed by atoms with E-state index in [1.54, 1.807) is 12.1 Å². The first kappa shape index (κ1) is 15.2. The van der Waals surface area contributed by atoms with Crippen LogP contribution < -0.4 is 5.32 Å². The molecular weight excluding hydrogens is 317 g/mol. The number of halogens is 2. The van der Waals surface area contributed by atoms with Crippen LogP contribution in [0, 0.1) is 11.7 Å². The molecule has 3 heteroatoms. The Morgan fingerprint density at radius 1 is 1.10 bits per heavy atom. The van der Waals surface area contributed by atoms with Crippen LogP contribution in [-0.4, -0.2) is 0 Å². The van der Waals surface area contributed by atoms with E-state index in [-0.39, 0.29) is 11.9 Å². The lowest BCUT2D eigenvalue weighted by Crippen LogP contribution is -2.25. The van der Waals surface area contributed by atoms with E-state index in [9.17, 15) is 4.39 Å². The maximum Gasteiger partial charge on any atom is 0.137 e. The second-order valence-electron chi connectivity index (χ2n) is 5.26. The average molecular weight is 336 g/mol. The van der Waals surface area contributed by atoms with Crippen LogP contribution in [0.2, 0.25) is 0 Å². The smallest absolute Gasteiger partial charge is 0.137 e. The topological polar surface area (TPSA) is 12.0 Å². The maximum absolute atomic E-state index is 13.5. The minimum absolute atomic E-state index is 0.217. The van der Waals surface area contributed by atoms with Crippen LogP contribution in [0.5, 0.6) is 0 Å². The van der Waals surface area contributed by atoms with Gasteiger partial charge in [-0.25, -0.2) is 4.39 Å². The van der Waals surface area contributed by atoms with Gasteiger partial charge in [0.05, 0.1) is 4.47 Å². The van der Waals surface area contributed by atoms with Crippen molar-refractivity contribution in [1.29, 1.82) is 0 Å². The first-order valence-corrected chi connectivity index (χ1v) is 7.59. The summed E-state index contributed by atoms with van der Waals surface area (Å²) in [5.41, 5.74) is 2.22. The molecule has 1 nitrogen and oxygen atoms in total. The lowest BCUT2D eigenvalue weighted by molar-refractivity contribution is 0.410. The summed E-state index contributed by atoms with van der Waals surface area (Å²) in [4.78, 5) is 0. The fraction of sp³-hybridized carbons (Fsp3) is 0.294. The number of rotatable bonds is 5. The summed E-state index contributed by atoms with van der Waals surface area (Å²) in [5.74, 6) is 0.253. The third kappa shape index (κ3) is 3.90. The number of hydrogen-bond donors (Lipinski definition) is 1. The van der Waals surface area contributed by atoms with Gasteiger partial charge in [0.2, 0.25) is 0 Å². The van der Waals surface area contributed by atoms with Gasteiger partial charge < -0.3 is 5.32 Å². The van der Waals surface area contributed by atoms with Crippen LogP contribution in [-0.2, 0) is 6.54 Å². The van der Waals surface area contributed by atoms with E-state index in [1.165, 1.54) is 5.56 Å². The van der Waals surface area contributed by atoms with Gasteiger partial charge in [0.15, 0.2) is 0 Å². The summed E-state index contributed by atoms with van der Waals surface area (Å²) >= 11 is 3.17. The molecule has 0 aliphatic heterocycles. The molecule has 106 valence electrons. The zero-order valence-electron chi connectivity index (χ0n) is 11.7. The zero-order valence-corrected chi connectivity index (χ0v) is 13.3. The molecule has 0 heterocycles. The first-order valence-electron chi connectivity index (χ1n) is 6.80. The van der Waals surface area contributed by atoms with E-state index in [4.69, 9.17) is 0 Å². The summed E-state index contributed by atoms with van der Waals surface area (Å²) in [6.45, 7) is 5.03. The van der Waals surface area contributed by atoms with E-state index in [0.29, 0.717) is 16.9 Å². The van der Waals surface area contributed by atoms with Crippen molar-refractivity contribution < 1.29 is 4.39 Å². The van der Waals surface area contributed by atoms with Gasteiger partial charge in [-0.3, -0.25) is 0 Å². The molecule has 2 rings (SSSR count). The molecule has 0 bridgehead atoms. The van der Waals surface area contributed by atoms with Gasteiger partial charge in [-0.05, 0) is 45.1 Å². The first-order chi connectivity index (χ1) is 9.58. The van der Waals surface area contributed by atoms with E-state index in [2.05, 4.69) is 47.2 Å². The van der Waals surface area contributed by atoms with E-state index in [0.717, 1.165) is 5.56 Å². The van der Waals surface area contributed by atoms with Crippen LogP contribution in [0.3, 0.4) is 0 Å². The third-order valence-electron chi connectivity index (χ3n) is 3.34. The Kier molecular flexibility index (Phi) is 5.32. The Balaban J connectivity index is 2.08. The van der Waals surface area contributed by atoms with Crippen molar-refractivity contribution in [2.75, 3.05) is 0 Å². The van der Waals surface area contributed by atoms with Crippen LogP contribution in [0.4, 0.5) is 4.39 Å². The van der Waals surface area contributed by atoms with Crippen LogP contribution in [0.25, 0.3) is 0 Å². The predicted octanol–water partition coefficient (Wildman–Crippen LogP) is 5.08. The highest BCUT2D eigenvalue weighted by Gasteiger charge is 2.14. The van der Waals surface area contributed by atoms with Gasteiger partial charge in [-0.1, -0.05) is 50.2 Å². The van der Waals surface area contributed by atoms with Crippen molar-refractivity contribution in [3.63, 3.8) is 0 Å². The van der Waals surface area contributed by atoms with Gasteiger partial charge in [-0.15, -0.1) is 0 Å². The molecule has 1 unspecified atom stereocenters. The highest BCUT2D eigenvalue weighted by molar-refractivity contribution is 9.10. The summed E-state index contributed by atoms with van der Waals surface area (Å²) in [5, 5.41) is 3.52. The fourth-order valence-electron chi connectivity index (χ4n) is 2.28. The average Bonchev–Trinajstić information content (AvgIpc) is 2.44. The van der Waals surface area contributed by atoms with E-state index < -0.39 is 0 Å². The molecule has 0 aromatic heterocycles. The van der Waals surface area contributed by atoms with Gasteiger partial charge in [0.25, 0.3) is 0 Å². The lowest BCUT2D eigenvalue weighted by Gasteiger charge is -2.23. The van der Waals surface area contributed by atoms with Crippen molar-refractivity contribution in [3.05, 3.63) is 69.9 Å². The highest BCUT2D eigenvalue weighted by Crippen LogP contribution is 2.22. The Morgan fingerprint density at radius 3 is 2.40 bits per heavy atom. The second kappa shape index (κ2) is 7.00. The van der Waals surface area contributed by atoms with Crippen LogP contribution in [0.1, 0.15) is 31.0 Å². The molecule has 2 aromatic carbocycles. The number of nitrogens with one attached hydrogen (secondary N) is 1. The molecule has 1 N–H and O–H groups in total. The van der Waals surface area contributed by atoms with Crippen LogP contribution >= 0.6 is 15.9 Å². The third-order valence-corrected chi connectivity index (χ3v) is 3.98. The van der Waals surface area contributed by atoms with Crippen molar-refractivity contribution in [3.8, 4) is 0 Å². The largest absolute Gasteiger partial charge is 0.306 e. The molecule has 20 heavy (non-hydrogen) atoms. The molecule has 0 fully saturated rings. The second-order valence-corrected chi connectivity index (χ2v) is 6.12. The summed E-state index contributed by atoms with van der Waals surface area (Å²) in [7, 11) is 0. The number of hydrogen-bond acceptors (Lipinski definition) is 1. The summed E-state index contributed by atoms with van der Waals surface area (Å²) in [6, 6.07) is 15.9. The number of benzene rings is 2. The SMILES string of the molecule is CC(C)C(NCc1ccc(Br)c(F)c1)c1ccccc1. The molecule has 0 aliphatic carbocycles. The van der Waals surface area contributed by atoms with Crippen molar-refractivity contribution in [2.24, 2.45) is 5.92 Å². The Labute approximate surface area is 128 Å². The normalized spacial score (nSPS) is 12.7. The Bertz CT molecular complexity index is 554. The zero-order chi connectivity index (χ0) is 14.5. The van der Waals surface area contributed by atoms with Gasteiger partial charge >= 0.3 is 0 Å². The molecule has 1 atom stereocenters. The maximum atomic E-state index is 13.5. The molecule has 0 saturated heterocycles. The summed E-state index contributed by atoms with van der Waals surface area (Å²) < 4.78 is 14.0. The Morgan fingerprint density at radius 2 is 1.80 bits per heavy atom. The molecule has 2 aromatic rings. The lowest BCUT2D eigenvalue weighted by atomic mass is 9.96.